The summed E-state index contributed by atoms with van der Waals surface area (Å²) in [6.45, 7) is 2.79. The fourth-order valence-corrected chi connectivity index (χ4v) is 1.99. The average Bonchev–Trinajstić information content (AvgIpc) is 2.79. The predicted octanol–water partition coefficient (Wildman–Crippen LogP) is 1.91. The molecule has 1 unspecified atom stereocenters. The second kappa shape index (κ2) is 3.27. The normalized spacial score (nSPS) is 18.2. The highest BCUT2D eigenvalue weighted by molar-refractivity contribution is 5.71. The summed E-state index contributed by atoms with van der Waals surface area (Å²) in [4.78, 5) is 4.43. The fraction of sp³-hybridized carbons (Fsp3) is 0.250. The molecule has 2 heterocycles. The molecule has 1 atom stereocenters. The number of aromatic nitrogens is 2. The molecule has 82 valence electrons. The van der Waals surface area contributed by atoms with E-state index >= 15 is 0 Å². The molecular formula is C12H13N3O. The van der Waals surface area contributed by atoms with Gasteiger partial charge in [0.1, 0.15) is 17.6 Å². The molecule has 0 bridgehead atoms. The lowest BCUT2D eigenvalue weighted by Crippen LogP contribution is -2.10. The van der Waals surface area contributed by atoms with Crippen LogP contribution < -0.4 is 10.5 Å². The molecule has 0 radical (unpaired) electrons. The molecule has 2 N–H and O–H groups in total. The highest BCUT2D eigenvalue weighted by Crippen LogP contribution is 2.33. The van der Waals surface area contributed by atoms with Gasteiger partial charge in [-0.25, -0.2) is 0 Å². The van der Waals surface area contributed by atoms with Crippen LogP contribution in [-0.4, -0.2) is 15.7 Å². The number of anilines is 1. The molecule has 1 aliphatic rings. The zero-order valence-corrected chi connectivity index (χ0v) is 9.05. The van der Waals surface area contributed by atoms with E-state index in [1.54, 1.807) is 0 Å². The average molecular weight is 215 g/mol. The van der Waals surface area contributed by atoms with E-state index in [1.807, 2.05) is 41.8 Å². The van der Waals surface area contributed by atoms with Crippen molar-refractivity contribution in [2.75, 3.05) is 5.73 Å². The van der Waals surface area contributed by atoms with Gasteiger partial charge >= 0.3 is 0 Å². The number of ether oxygens (including phenoxy) is 1. The Morgan fingerprint density at radius 3 is 2.81 bits per heavy atom. The molecular weight excluding hydrogens is 202 g/mol. The Morgan fingerprint density at radius 2 is 2.12 bits per heavy atom. The van der Waals surface area contributed by atoms with Crippen LogP contribution in [-0.2, 0) is 6.54 Å². The molecule has 0 amide bonds. The van der Waals surface area contributed by atoms with E-state index in [0.717, 1.165) is 17.8 Å². The van der Waals surface area contributed by atoms with E-state index in [4.69, 9.17) is 10.5 Å². The third kappa shape index (κ3) is 1.26. The maximum atomic E-state index is 6.07. The van der Waals surface area contributed by atoms with E-state index in [0.29, 0.717) is 11.8 Å². The molecule has 0 saturated heterocycles. The van der Waals surface area contributed by atoms with Gasteiger partial charge in [-0.2, -0.15) is 4.98 Å². The number of imidazole rings is 1. The maximum absolute atomic E-state index is 6.07. The predicted molar refractivity (Wildman–Crippen MR) is 62.2 cm³/mol. The molecule has 3 rings (SSSR count). The number of rotatable bonds is 1. The number of nitrogens with zero attached hydrogens (tertiary/aromatic N) is 2. The van der Waals surface area contributed by atoms with Crippen LogP contribution in [0.1, 0.15) is 6.92 Å². The van der Waals surface area contributed by atoms with Gasteiger partial charge in [-0.05, 0) is 6.92 Å². The molecule has 2 aromatic rings. The summed E-state index contributed by atoms with van der Waals surface area (Å²) in [5, 5.41) is 0. The Hall–Kier alpha value is -1.97. The van der Waals surface area contributed by atoms with Crippen LogP contribution in [0, 0.1) is 0 Å². The second-order valence-electron chi connectivity index (χ2n) is 4.03. The van der Waals surface area contributed by atoms with E-state index in [2.05, 4.69) is 4.98 Å². The lowest BCUT2D eigenvalue weighted by molar-refractivity contribution is 0.246. The Labute approximate surface area is 93.7 Å². The first-order chi connectivity index (χ1) is 7.75. The molecule has 16 heavy (non-hydrogen) atoms. The molecule has 1 aliphatic heterocycles. The fourth-order valence-electron chi connectivity index (χ4n) is 1.99. The van der Waals surface area contributed by atoms with Gasteiger partial charge in [0.2, 0.25) is 0 Å². The summed E-state index contributed by atoms with van der Waals surface area (Å²) in [7, 11) is 0. The number of nitrogen functional groups attached to an aromatic ring is 1. The number of fused-ring (bicyclic) bond motifs is 1. The summed E-state index contributed by atoms with van der Waals surface area (Å²) >= 11 is 0. The number of nitrogens with two attached hydrogens (primary N) is 1. The number of hydrogen-bond donors (Lipinski definition) is 1. The van der Waals surface area contributed by atoms with Crippen LogP contribution in [0.5, 0.6) is 6.01 Å². The van der Waals surface area contributed by atoms with Gasteiger partial charge in [0, 0.05) is 5.56 Å². The minimum Gasteiger partial charge on any atom is -0.460 e. The minimum absolute atomic E-state index is 0.162. The Balaban J connectivity index is 2.09. The van der Waals surface area contributed by atoms with Crippen LogP contribution in [0.2, 0.25) is 0 Å². The highest BCUT2D eigenvalue weighted by atomic mass is 16.5. The van der Waals surface area contributed by atoms with Gasteiger partial charge in [-0.15, -0.1) is 0 Å². The summed E-state index contributed by atoms with van der Waals surface area (Å²) in [6, 6.07) is 10.5. The van der Waals surface area contributed by atoms with Crippen molar-refractivity contribution in [1.29, 1.82) is 0 Å². The topological polar surface area (TPSA) is 53.1 Å². The Kier molecular flexibility index (Phi) is 1.89. The Morgan fingerprint density at radius 1 is 1.38 bits per heavy atom. The molecule has 4 heteroatoms. The van der Waals surface area contributed by atoms with Crippen LogP contribution in [0.3, 0.4) is 0 Å². The molecule has 0 aliphatic carbocycles. The van der Waals surface area contributed by atoms with Gasteiger partial charge < -0.3 is 10.5 Å². The SMILES string of the molecule is CC1Cn2c(nc(-c3ccccc3)c2N)O1. The molecule has 4 nitrogen and oxygen atoms in total. The third-order valence-corrected chi connectivity index (χ3v) is 2.77. The first-order valence-electron chi connectivity index (χ1n) is 5.34. The molecule has 0 saturated carbocycles. The van der Waals surface area contributed by atoms with Crippen molar-refractivity contribution < 1.29 is 4.74 Å². The van der Waals surface area contributed by atoms with Gasteiger partial charge in [0.05, 0.1) is 6.54 Å². The van der Waals surface area contributed by atoms with Crippen molar-refractivity contribution in [2.24, 2.45) is 0 Å². The first kappa shape index (κ1) is 9.27. The second-order valence-corrected chi connectivity index (χ2v) is 4.03. The summed E-state index contributed by atoms with van der Waals surface area (Å²) in [5.41, 5.74) is 7.90. The van der Waals surface area contributed by atoms with Gasteiger partial charge in [0.15, 0.2) is 0 Å². The summed E-state index contributed by atoms with van der Waals surface area (Å²) < 4.78 is 7.49. The molecule has 1 aromatic heterocycles. The smallest absolute Gasteiger partial charge is 0.299 e. The van der Waals surface area contributed by atoms with Gasteiger partial charge in [-0.3, -0.25) is 4.57 Å². The minimum atomic E-state index is 0.162. The van der Waals surface area contributed by atoms with Crippen molar-refractivity contribution in [3.05, 3.63) is 30.3 Å². The zero-order chi connectivity index (χ0) is 11.1. The molecule has 0 spiro atoms. The van der Waals surface area contributed by atoms with E-state index in [-0.39, 0.29) is 6.10 Å². The lowest BCUT2D eigenvalue weighted by Gasteiger charge is -2.03. The maximum Gasteiger partial charge on any atom is 0.299 e. The van der Waals surface area contributed by atoms with Gasteiger partial charge in [0.25, 0.3) is 6.01 Å². The van der Waals surface area contributed by atoms with Crippen molar-refractivity contribution in [3.63, 3.8) is 0 Å². The zero-order valence-electron chi connectivity index (χ0n) is 9.05. The van der Waals surface area contributed by atoms with Crippen molar-refractivity contribution >= 4 is 5.82 Å². The number of benzene rings is 1. The van der Waals surface area contributed by atoms with E-state index in [1.165, 1.54) is 0 Å². The quantitative estimate of drug-likeness (QED) is 0.790. The first-order valence-corrected chi connectivity index (χ1v) is 5.34. The highest BCUT2D eigenvalue weighted by Gasteiger charge is 2.25. The molecule has 1 aromatic carbocycles. The largest absolute Gasteiger partial charge is 0.460 e. The van der Waals surface area contributed by atoms with Crippen LogP contribution in [0.15, 0.2) is 30.3 Å². The van der Waals surface area contributed by atoms with Crippen molar-refractivity contribution in [3.8, 4) is 17.3 Å². The molecule has 0 fully saturated rings. The standard InChI is InChI=1S/C12H13N3O/c1-8-7-15-11(13)10(14-12(15)16-8)9-5-3-2-4-6-9/h2-6,8H,7,13H2,1H3. The van der Waals surface area contributed by atoms with Crippen LogP contribution in [0.25, 0.3) is 11.3 Å². The van der Waals surface area contributed by atoms with Crippen molar-refractivity contribution in [2.45, 2.75) is 19.6 Å². The van der Waals surface area contributed by atoms with E-state index < -0.39 is 0 Å². The van der Waals surface area contributed by atoms with E-state index in [9.17, 15) is 0 Å². The Bertz CT molecular complexity index is 519. The van der Waals surface area contributed by atoms with Crippen LogP contribution >= 0.6 is 0 Å². The summed E-state index contributed by atoms with van der Waals surface area (Å²) in [6.07, 6.45) is 0.162. The lowest BCUT2D eigenvalue weighted by atomic mass is 10.1. The van der Waals surface area contributed by atoms with Crippen LogP contribution in [0.4, 0.5) is 5.82 Å². The van der Waals surface area contributed by atoms with Crippen molar-refractivity contribution in [1.82, 2.24) is 9.55 Å². The monoisotopic (exact) mass is 215 g/mol. The third-order valence-electron chi connectivity index (χ3n) is 2.77. The summed E-state index contributed by atoms with van der Waals surface area (Å²) in [5.74, 6) is 0.686. The van der Waals surface area contributed by atoms with Gasteiger partial charge in [-0.1, -0.05) is 30.3 Å². The number of hydrogen-bond acceptors (Lipinski definition) is 3.